The first-order valence-electron chi connectivity index (χ1n) is 9.43. The maximum Gasteiger partial charge on any atom is 0.397 e. The lowest BCUT2D eigenvalue weighted by Crippen LogP contribution is -2.17. The Morgan fingerprint density at radius 2 is 1.14 bits per heavy atom. The number of para-hydroxylation sites is 2. The molecule has 150 valence electrons. The first-order chi connectivity index (χ1) is 13.7. The van der Waals surface area contributed by atoms with Gasteiger partial charge in [0.05, 0.1) is 25.4 Å². The molecule has 0 bridgehead atoms. The fraction of sp³-hybridized carbons (Fsp3) is 0.400. The summed E-state index contributed by atoms with van der Waals surface area (Å²) in [4.78, 5) is 0. The van der Waals surface area contributed by atoms with Gasteiger partial charge in [0.1, 0.15) is 11.5 Å². The lowest BCUT2D eigenvalue weighted by molar-refractivity contribution is 0.0927. The van der Waals surface area contributed by atoms with Gasteiger partial charge in [-0.25, -0.2) is 0 Å². The molecule has 0 N–H and O–H groups in total. The Morgan fingerprint density at radius 3 is 1.57 bits per heavy atom. The average molecular weight is 422 g/mol. The van der Waals surface area contributed by atoms with Crippen LogP contribution < -0.4 is 9.05 Å². The minimum absolute atomic E-state index is 0.132. The van der Waals surface area contributed by atoms with Crippen LogP contribution in [0.1, 0.15) is 26.7 Å². The lowest BCUT2D eigenvalue weighted by atomic mass is 10.0. The molecule has 8 heteroatoms. The van der Waals surface area contributed by atoms with E-state index in [1.165, 1.54) is 0 Å². The van der Waals surface area contributed by atoms with E-state index in [1.54, 1.807) is 0 Å². The third-order valence-electron chi connectivity index (χ3n) is 4.38. The van der Waals surface area contributed by atoms with Crippen molar-refractivity contribution in [3.63, 3.8) is 0 Å². The highest BCUT2D eigenvalue weighted by Crippen LogP contribution is 2.51. The SMILES string of the molecule is CC1CCOP(Oc2ccccc2-c2ccccc2OP2OCCC(C)O2)O1. The molecule has 0 saturated carbocycles. The van der Waals surface area contributed by atoms with E-state index in [4.69, 9.17) is 27.1 Å². The van der Waals surface area contributed by atoms with Crippen LogP contribution in [0.25, 0.3) is 11.1 Å². The van der Waals surface area contributed by atoms with Crippen molar-refractivity contribution in [2.75, 3.05) is 13.2 Å². The zero-order valence-corrected chi connectivity index (χ0v) is 17.7. The molecule has 28 heavy (non-hydrogen) atoms. The van der Waals surface area contributed by atoms with E-state index >= 15 is 0 Å². The summed E-state index contributed by atoms with van der Waals surface area (Å²) >= 11 is 0. The maximum atomic E-state index is 6.08. The van der Waals surface area contributed by atoms with E-state index in [0.717, 1.165) is 24.0 Å². The second-order valence-electron chi connectivity index (χ2n) is 6.70. The molecule has 0 aromatic heterocycles. The molecule has 2 heterocycles. The first-order valence-corrected chi connectivity index (χ1v) is 11.6. The number of hydrogen-bond donors (Lipinski definition) is 0. The fourth-order valence-electron chi connectivity index (χ4n) is 2.84. The van der Waals surface area contributed by atoms with Crippen LogP contribution in [0.3, 0.4) is 0 Å². The van der Waals surface area contributed by atoms with Crippen molar-refractivity contribution in [3.05, 3.63) is 48.5 Å². The minimum atomic E-state index is -1.41. The zero-order valence-electron chi connectivity index (χ0n) is 15.9. The molecule has 0 radical (unpaired) electrons. The molecule has 0 aliphatic carbocycles. The molecule has 2 aliphatic heterocycles. The van der Waals surface area contributed by atoms with Crippen molar-refractivity contribution >= 4 is 17.2 Å². The third-order valence-corrected chi connectivity index (χ3v) is 6.93. The summed E-state index contributed by atoms with van der Waals surface area (Å²) in [7, 11) is -2.82. The highest BCUT2D eigenvalue weighted by molar-refractivity contribution is 7.42. The molecular weight excluding hydrogens is 398 g/mol. The second kappa shape index (κ2) is 9.49. The summed E-state index contributed by atoms with van der Waals surface area (Å²) in [5.41, 5.74) is 1.82. The van der Waals surface area contributed by atoms with Crippen molar-refractivity contribution in [1.29, 1.82) is 0 Å². The van der Waals surface area contributed by atoms with Gasteiger partial charge in [-0.1, -0.05) is 36.4 Å². The molecule has 0 spiro atoms. The Labute approximate surface area is 168 Å². The van der Waals surface area contributed by atoms with Crippen molar-refractivity contribution < 1.29 is 27.1 Å². The van der Waals surface area contributed by atoms with E-state index in [-0.39, 0.29) is 12.2 Å². The molecule has 4 unspecified atom stereocenters. The zero-order chi connectivity index (χ0) is 19.3. The van der Waals surface area contributed by atoms with Gasteiger partial charge < -0.3 is 18.1 Å². The van der Waals surface area contributed by atoms with E-state index in [9.17, 15) is 0 Å². The van der Waals surface area contributed by atoms with Crippen molar-refractivity contribution in [2.24, 2.45) is 0 Å². The second-order valence-corrected chi connectivity index (χ2v) is 8.90. The van der Waals surface area contributed by atoms with E-state index in [2.05, 4.69) is 0 Å². The van der Waals surface area contributed by atoms with Crippen molar-refractivity contribution in [3.8, 4) is 22.6 Å². The summed E-state index contributed by atoms with van der Waals surface area (Å²) in [5.74, 6) is 1.40. The van der Waals surface area contributed by atoms with Crippen LogP contribution in [0, 0.1) is 0 Å². The molecule has 0 amide bonds. The molecular formula is C20H24O6P2. The standard InChI is InChI=1S/C20H24O6P2/c1-15-11-13-21-27(23-15)25-19-9-5-3-7-17(19)18-8-4-6-10-20(18)26-28-22-14-12-16(2)24-28/h3-10,15-16H,11-14H2,1-2H3. The molecule has 2 aliphatic rings. The predicted octanol–water partition coefficient (Wildman–Crippen LogP) is 6.22. The Hall–Kier alpha value is -1.26. The van der Waals surface area contributed by atoms with Gasteiger partial charge in [-0.2, -0.15) is 0 Å². The summed E-state index contributed by atoms with van der Waals surface area (Å²) in [6, 6.07) is 15.6. The van der Waals surface area contributed by atoms with Crippen LogP contribution >= 0.6 is 17.2 Å². The molecule has 2 saturated heterocycles. The molecule has 6 nitrogen and oxygen atoms in total. The summed E-state index contributed by atoms with van der Waals surface area (Å²) in [6.45, 7) is 5.35. The van der Waals surface area contributed by atoms with Crippen LogP contribution in [-0.2, 0) is 18.1 Å². The Kier molecular flexibility index (Phi) is 6.79. The monoisotopic (exact) mass is 422 g/mol. The summed E-state index contributed by atoms with van der Waals surface area (Å²) < 4.78 is 35.1. The van der Waals surface area contributed by atoms with Gasteiger partial charge in [0, 0.05) is 11.1 Å². The smallest absolute Gasteiger partial charge is 0.397 e. The Bertz CT molecular complexity index is 723. The normalized spacial score (nSPS) is 27.9. The van der Waals surface area contributed by atoms with Gasteiger partial charge in [0.25, 0.3) is 0 Å². The summed E-state index contributed by atoms with van der Waals surface area (Å²) in [6.07, 6.45) is 2.02. The van der Waals surface area contributed by atoms with E-state index in [0.29, 0.717) is 24.7 Å². The number of rotatable bonds is 5. The van der Waals surface area contributed by atoms with Crippen molar-refractivity contribution in [2.45, 2.75) is 38.9 Å². The molecule has 2 aromatic carbocycles. The van der Waals surface area contributed by atoms with Crippen molar-refractivity contribution in [1.82, 2.24) is 0 Å². The molecule has 2 fully saturated rings. The largest absolute Gasteiger partial charge is 0.426 e. The molecule has 2 aromatic rings. The Balaban J connectivity index is 1.57. The van der Waals surface area contributed by atoms with Crippen LogP contribution in [0.5, 0.6) is 11.5 Å². The predicted molar refractivity (Wildman–Crippen MR) is 109 cm³/mol. The molecule has 4 rings (SSSR count). The van der Waals surface area contributed by atoms with Gasteiger partial charge in [-0.15, -0.1) is 0 Å². The first kappa shape index (κ1) is 20.0. The quantitative estimate of drug-likeness (QED) is 0.534. The van der Waals surface area contributed by atoms with Gasteiger partial charge in [0.15, 0.2) is 0 Å². The van der Waals surface area contributed by atoms with Gasteiger partial charge in [-0.3, -0.25) is 9.05 Å². The van der Waals surface area contributed by atoms with Crippen LogP contribution in [0.4, 0.5) is 0 Å². The minimum Gasteiger partial charge on any atom is -0.426 e. The average Bonchev–Trinajstić information content (AvgIpc) is 2.69. The third kappa shape index (κ3) is 5.01. The topological polar surface area (TPSA) is 55.4 Å². The van der Waals surface area contributed by atoms with E-state index < -0.39 is 17.2 Å². The Morgan fingerprint density at radius 1 is 0.714 bits per heavy atom. The highest BCUT2D eigenvalue weighted by atomic mass is 31.2. The van der Waals surface area contributed by atoms with E-state index in [1.807, 2.05) is 62.4 Å². The number of hydrogen-bond acceptors (Lipinski definition) is 6. The lowest BCUT2D eigenvalue weighted by Gasteiger charge is -2.27. The van der Waals surface area contributed by atoms with Crippen LogP contribution in [-0.4, -0.2) is 25.4 Å². The number of benzene rings is 2. The summed E-state index contributed by atoms with van der Waals surface area (Å²) in [5, 5.41) is 0. The highest BCUT2D eigenvalue weighted by Gasteiger charge is 2.27. The van der Waals surface area contributed by atoms with Crippen LogP contribution in [0.2, 0.25) is 0 Å². The van der Waals surface area contributed by atoms with Crippen LogP contribution in [0.15, 0.2) is 48.5 Å². The maximum absolute atomic E-state index is 6.08. The molecule has 4 atom stereocenters. The van der Waals surface area contributed by atoms with Gasteiger partial charge in [0.2, 0.25) is 0 Å². The fourth-order valence-corrected chi connectivity index (χ4v) is 5.10. The van der Waals surface area contributed by atoms with Gasteiger partial charge >= 0.3 is 17.2 Å². The van der Waals surface area contributed by atoms with Gasteiger partial charge in [-0.05, 0) is 38.8 Å².